The Morgan fingerprint density at radius 1 is 0.208 bits per heavy atom. The van der Waals surface area contributed by atoms with Gasteiger partial charge in [-0.1, -0.05) is 243 Å². The summed E-state index contributed by atoms with van der Waals surface area (Å²) in [7, 11) is 0. The molecule has 13 aromatic carbocycles. The Morgan fingerprint density at radius 3 is 0.974 bits per heavy atom. The number of rotatable bonds is 11. The van der Waals surface area contributed by atoms with Crippen LogP contribution in [0.2, 0.25) is 0 Å². The van der Waals surface area contributed by atoms with Crippen LogP contribution in [0.1, 0.15) is 22.3 Å². The number of para-hydroxylation sites is 2. The molecule has 0 radical (unpaired) electrons. The molecule has 0 amide bonds. The Kier molecular flexibility index (Phi) is 11.5. The highest BCUT2D eigenvalue weighted by atomic mass is 15.1. The van der Waals surface area contributed by atoms with E-state index in [4.69, 9.17) is 0 Å². The van der Waals surface area contributed by atoms with Crippen molar-refractivity contribution in [3.05, 3.63) is 338 Å². The SMILES string of the molecule is c1ccc(-c2c3ccccc3c(-c3ccc(N(c4ccc(-c5ccc(N(c6ccccc6)c6ccccc6)cc5)cc4)c4ccc5c(c4)C(c4ccccc4)(c4ccccc4)c4ccccc4-5)cc3)c3ccccc23)cc1. The van der Waals surface area contributed by atoms with Gasteiger partial charge in [0.05, 0.1) is 5.41 Å². The van der Waals surface area contributed by atoms with Gasteiger partial charge in [0.1, 0.15) is 0 Å². The molecule has 0 aliphatic heterocycles. The first-order valence-corrected chi connectivity index (χ1v) is 26.6. The zero-order valence-electron chi connectivity index (χ0n) is 42.4. The van der Waals surface area contributed by atoms with E-state index in [2.05, 4.69) is 325 Å². The highest BCUT2D eigenvalue weighted by Gasteiger charge is 2.46. The van der Waals surface area contributed by atoms with Gasteiger partial charge in [-0.3, -0.25) is 0 Å². The van der Waals surface area contributed by atoms with Crippen molar-refractivity contribution < 1.29 is 0 Å². The fourth-order valence-corrected chi connectivity index (χ4v) is 12.4. The van der Waals surface area contributed by atoms with E-state index >= 15 is 0 Å². The van der Waals surface area contributed by atoms with Crippen molar-refractivity contribution in [2.45, 2.75) is 5.41 Å². The number of anilines is 6. The van der Waals surface area contributed by atoms with Crippen LogP contribution in [0.5, 0.6) is 0 Å². The number of nitrogens with zero attached hydrogens (tertiary/aromatic N) is 2. The summed E-state index contributed by atoms with van der Waals surface area (Å²) in [5, 5.41) is 4.97. The lowest BCUT2D eigenvalue weighted by Gasteiger charge is -2.35. The quantitative estimate of drug-likeness (QED) is 0.119. The second kappa shape index (κ2) is 19.4. The van der Waals surface area contributed by atoms with Gasteiger partial charge in [-0.25, -0.2) is 0 Å². The Hall–Kier alpha value is -10.0. The first-order valence-electron chi connectivity index (χ1n) is 26.6. The molecule has 0 saturated heterocycles. The molecule has 0 aromatic heterocycles. The third kappa shape index (κ3) is 7.81. The molecule has 1 aliphatic rings. The molecule has 0 unspecified atom stereocenters. The molecule has 0 saturated carbocycles. The predicted molar refractivity (Wildman–Crippen MR) is 324 cm³/mol. The largest absolute Gasteiger partial charge is 0.311 e. The summed E-state index contributed by atoms with van der Waals surface area (Å²) in [6.45, 7) is 0. The lowest BCUT2D eigenvalue weighted by atomic mass is 9.67. The monoisotopic (exact) mass is 980 g/mol. The smallest absolute Gasteiger partial charge is 0.0714 e. The summed E-state index contributed by atoms with van der Waals surface area (Å²) in [4.78, 5) is 4.74. The fraction of sp³-hybridized carbons (Fsp3) is 0.0133. The van der Waals surface area contributed by atoms with E-state index < -0.39 is 5.41 Å². The Morgan fingerprint density at radius 2 is 0.519 bits per heavy atom. The van der Waals surface area contributed by atoms with Crippen LogP contribution in [0.25, 0.3) is 66.1 Å². The maximum absolute atomic E-state index is 2.46. The van der Waals surface area contributed by atoms with E-state index in [0.717, 1.165) is 45.3 Å². The van der Waals surface area contributed by atoms with Gasteiger partial charge in [-0.05, 0) is 161 Å². The minimum atomic E-state index is -0.541. The van der Waals surface area contributed by atoms with Gasteiger partial charge >= 0.3 is 0 Å². The van der Waals surface area contributed by atoms with Gasteiger partial charge in [0.25, 0.3) is 0 Å². The predicted octanol–water partition coefficient (Wildman–Crippen LogP) is 20.3. The highest BCUT2D eigenvalue weighted by molar-refractivity contribution is 6.21. The van der Waals surface area contributed by atoms with Gasteiger partial charge in [-0.2, -0.15) is 0 Å². The molecule has 0 N–H and O–H groups in total. The zero-order chi connectivity index (χ0) is 51.1. The van der Waals surface area contributed by atoms with E-state index in [0.29, 0.717) is 0 Å². The number of hydrogen-bond donors (Lipinski definition) is 0. The molecule has 77 heavy (non-hydrogen) atoms. The van der Waals surface area contributed by atoms with E-state index in [1.54, 1.807) is 0 Å². The van der Waals surface area contributed by atoms with Crippen LogP contribution < -0.4 is 9.80 Å². The second-order valence-electron chi connectivity index (χ2n) is 19.9. The van der Waals surface area contributed by atoms with Gasteiger partial charge in [-0.15, -0.1) is 0 Å². The summed E-state index contributed by atoms with van der Waals surface area (Å²) in [5.41, 5.74) is 20.8. The molecule has 0 spiro atoms. The summed E-state index contributed by atoms with van der Waals surface area (Å²) in [6, 6.07) is 115. The Balaban J connectivity index is 0.915. The molecule has 2 nitrogen and oxygen atoms in total. The van der Waals surface area contributed by atoms with E-state index in [1.807, 2.05) is 0 Å². The maximum atomic E-state index is 2.46. The summed E-state index contributed by atoms with van der Waals surface area (Å²) >= 11 is 0. The van der Waals surface area contributed by atoms with E-state index in [9.17, 15) is 0 Å². The molecule has 0 bridgehead atoms. The van der Waals surface area contributed by atoms with Crippen molar-refractivity contribution in [3.8, 4) is 44.5 Å². The molecular formula is C75H52N2. The molecule has 0 fully saturated rings. The van der Waals surface area contributed by atoms with Crippen LogP contribution >= 0.6 is 0 Å². The van der Waals surface area contributed by atoms with Crippen LogP contribution in [0.4, 0.5) is 34.1 Å². The summed E-state index contributed by atoms with van der Waals surface area (Å²) in [5.74, 6) is 0. The third-order valence-electron chi connectivity index (χ3n) is 15.7. The van der Waals surface area contributed by atoms with Gasteiger partial charge < -0.3 is 9.80 Å². The average molecular weight is 981 g/mol. The van der Waals surface area contributed by atoms with Crippen molar-refractivity contribution in [1.82, 2.24) is 0 Å². The molecule has 13 aromatic rings. The lowest BCUT2D eigenvalue weighted by Crippen LogP contribution is -2.28. The minimum Gasteiger partial charge on any atom is -0.311 e. The van der Waals surface area contributed by atoms with Crippen molar-refractivity contribution in [3.63, 3.8) is 0 Å². The van der Waals surface area contributed by atoms with Crippen molar-refractivity contribution in [1.29, 1.82) is 0 Å². The number of benzene rings is 13. The van der Waals surface area contributed by atoms with E-state index in [1.165, 1.54) is 77.2 Å². The Bertz CT molecular complexity index is 4080. The normalized spacial score (nSPS) is 12.3. The van der Waals surface area contributed by atoms with Crippen LogP contribution in [0.3, 0.4) is 0 Å². The summed E-state index contributed by atoms with van der Waals surface area (Å²) in [6.07, 6.45) is 0. The van der Waals surface area contributed by atoms with Gasteiger partial charge in [0, 0.05) is 34.1 Å². The molecule has 2 heteroatoms. The van der Waals surface area contributed by atoms with Crippen LogP contribution in [0, 0.1) is 0 Å². The lowest BCUT2D eigenvalue weighted by molar-refractivity contribution is 0.768. The van der Waals surface area contributed by atoms with Crippen molar-refractivity contribution in [2.75, 3.05) is 9.80 Å². The van der Waals surface area contributed by atoms with E-state index in [-0.39, 0.29) is 0 Å². The zero-order valence-corrected chi connectivity index (χ0v) is 42.4. The standard InChI is InChI=1S/C75H52N2/c1-6-22-55(23-7-1)73-67-33-16-18-35-69(67)74(70-36-19-17-34-68(70)73)56-42-48-63(49-43-56)77(62-46-40-54(41-47-62)53-38-44-61(45-39-53)76(59-28-12-4-13-29-59)60-30-14-5-15-31-60)64-50-51-66-65-32-20-21-37-71(65)75(72(66)52-64,57-24-8-2-9-25-57)58-26-10-3-11-27-58/h1-52H. The maximum Gasteiger partial charge on any atom is 0.0714 e. The van der Waals surface area contributed by atoms with Gasteiger partial charge in [0.2, 0.25) is 0 Å². The average Bonchev–Trinajstić information content (AvgIpc) is 4.05. The van der Waals surface area contributed by atoms with Crippen LogP contribution in [-0.4, -0.2) is 0 Å². The van der Waals surface area contributed by atoms with Crippen molar-refractivity contribution in [2.24, 2.45) is 0 Å². The fourth-order valence-electron chi connectivity index (χ4n) is 12.4. The molecular weight excluding hydrogens is 929 g/mol. The van der Waals surface area contributed by atoms with Crippen LogP contribution in [0.15, 0.2) is 315 Å². The minimum absolute atomic E-state index is 0.541. The molecule has 362 valence electrons. The third-order valence-corrected chi connectivity index (χ3v) is 15.7. The van der Waals surface area contributed by atoms with Crippen LogP contribution in [-0.2, 0) is 5.41 Å². The number of fused-ring (bicyclic) bond motifs is 5. The summed E-state index contributed by atoms with van der Waals surface area (Å²) < 4.78 is 0. The molecule has 1 aliphatic carbocycles. The topological polar surface area (TPSA) is 6.48 Å². The first-order chi connectivity index (χ1) is 38.2. The Labute approximate surface area is 450 Å². The highest BCUT2D eigenvalue weighted by Crippen LogP contribution is 2.57. The second-order valence-corrected chi connectivity index (χ2v) is 19.9. The molecule has 14 rings (SSSR count). The van der Waals surface area contributed by atoms with Gasteiger partial charge in [0.15, 0.2) is 0 Å². The van der Waals surface area contributed by atoms with Crippen molar-refractivity contribution >= 4 is 55.7 Å². The first kappa shape index (κ1) is 45.6. The molecule has 0 atom stereocenters. The molecule has 0 heterocycles. The number of hydrogen-bond acceptors (Lipinski definition) is 2.